The Kier molecular flexibility index (Phi) is 5.67. The van der Waals surface area contributed by atoms with Crippen LogP contribution in [-0.4, -0.2) is 20.4 Å². The maximum Gasteiger partial charge on any atom is 0.416 e. The summed E-state index contributed by atoms with van der Waals surface area (Å²) in [6.45, 7) is 4.07. The van der Waals surface area contributed by atoms with Crippen LogP contribution in [-0.2, 0) is 6.18 Å². The number of alkyl halides is 3. The van der Waals surface area contributed by atoms with Gasteiger partial charge in [-0.2, -0.15) is 13.2 Å². The van der Waals surface area contributed by atoms with Gasteiger partial charge in [0.1, 0.15) is 22.9 Å². The van der Waals surface area contributed by atoms with E-state index in [4.69, 9.17) is 10.7 Å². The van der Waals surface area contributed by atoms with E-state index in [1.54, 1.807) is 30.5 Å². The monoisotopic (exact) mass is 454 g/mol. The maximum atomic E-state index is 12.9. The molecule has 0 fully saturated rings. The molecule has 0 aliphatic heterocycles. The summed E-state index contributed by atoms with van der Waals surface area (Å²) in [6, 6.07) is 10.7. The smallest absolute Gasteiger partial charge is 0.382 e. The second-order valence-corrected chi connectivity index (χ2v) is 7.74. The van der Waals surface area contributed by atoms with Crippen LogP contribution in [0.1, 0.15) is 31.2 Å². The quantitative estimate of drug-likeness (QED) is 0.365. The van der Waals surface area contributed by atoms with Crippen molar-refractivity contribution in [3.63, 3.8) is 0 Å². The van der Waals surface area contributed by atoms with E-state index in [1.807, 2.05) is 24.4 Å². The Morgan fingerprint density at radius 3 is 2.42 bits per heavy atom. The van der Waals surface area contributed by atoms with Crippen molar-refractivity contribution < 1.29 is 18.0 Å². The average Bonchev–Trinajstić information content (AvgIpc) is 3.15. The lowest BCUT2D eigenvalue weighted by Gasteiger charge is -2.11. The Morgan fingerprint density at radius 1 is 1.06 bits per heavy atom. The van der Waals surface area contributed by atoms with Crippen LogP contribution in [0.5, 0.6) is 0 Å². The number of carbonyl (C=O) groups is 1. The zero-order valence-corrected chi connectivity index (χ0v) is 17.8. The molecule has 0 bridgehead atoms. The second kappa shape index (κ2) is 8.45. The van der Waals surface area contributed by atoms with Gasteiger partial charge in [-0.3, -0.25) is 4.40 Å². The van der Waals surface area contributed by atoms with Crippen molar-refractivity contribution in [3.8, 4) is 11.3 Å². The number of urea groups is 1. The predicted molar refractivity (Wildman–Crippen MR) is 121 cm³/mol. The van der Waals surface area contributed by atoms with E-state index >= 15 is 0 Å². The molecule has 4 N–H and O–H groups in total. The molecule has 0 atom stereocenters. The Morgan fingerprint density at radius 2 is 1.76 bits per heavy atom. The van der Waals surface area contributed by atoms with Gasteiger partial charge in [-0.05, 0) is 30.3 Å². The average molecular weight is 454 g/mol. The molecule has 0 saturated carbocycles. The number of anilines is 3. The van der Waals surface area contributed by atoms with Gasteiger partial charge in [0.05, 0.1) is 5.56 Å². The van der Waals surface area contributed by atoms with Crippen LogP contribution in [0.2, 0.25) is 0 Å². The number of nitrogens with one attached hydrogen (secondary N) is 2. The van der Waals surface area contributed by atoms with Crippen molar-refractivity contribution in [2.75, 3.05) is 16.4 Å². The fourth-order valence-electron chi connectivity index (χ4n) is 3.47. The highest BCUT2D eigenvalue weighted by molar-refractivity contribution is 6.00. The third kappa shape index (κ3) is 4.59. The van der Waals surface area contributed by atoms with Gasteiger partial charge in [-0.15, -0.1) is 0 Å². The lowest BCUT2D eigenvalue weighted by atomic mass is 10.1. The minimum Gasteiger partial charge on any atom is -0.382 e. The number of carbonyl (C=O) groups excluding carboxylic acids is 1. The van der Waals surface area contributed by atoms with E-state index in [0.29, 0.717) is 22.7 Å². The van der Waals surface area contributed by atoms with Crippen molar-refractivity contribution in [2.45, 2.75) is 25.9 Å². The molecule has 2 heterocycles. The minimum absolute atomic E-state index is 0.0348. The number of hydrogen-bond acceptors (Lipinski definition) is 4. The van der Waals surface area contributed by atoms with Gasteiger partial charge >= 0.3 is 12.2 Å². The summed E-state index contributed by atoms with van der Waals surface area (Å²) >= 11 is 0. The zero-order valence-electron chi connectivity index (χ0n) is 17.8. The summed E-state index contributed by atoms with van der Waals surface area (Å²) in [5.74, 6) is 1.36. The van der Waals surface area contributed by atoms with Crippen LogP contribution >= 0.6 is 0 Å². The molecule has 0 radical (unpaired) electrons. The number of hydrogen-bond donors (Lipinski definition) is 3. The lowest BCUT2D eigenvalue weighted by Crippen LogP contribution is -2.19. The van der Waals surface area contributed by atoms with E-state index in [1.165, 1.54) is 12.1 Å². The normalized spacial score (nSPS) is 11.7. The van der Waals surface area contributed by atoms with Gasteiger partial charge < -0.3 is 16.4 Å². The molecule has 0 aliphatic rings. The molecular weight excluding hydrogens is 433 g/mol. The van der Waals surface area contributed by atoms with Crippen LogP contribution in [0.25, 0.3) is 16.8 Å². The highest BCUT2D eigenvalue weighted by Gasteiger charge is 2.30. The fourth-order valence-corrected chi connectivity index (χ4v) is 3.47. The number of nitrogens with zero attached hydrogens (tertiary/aromatic N) is 3. The highest BCUT2D eigenvalue weighted by Crippen LogP contribution is 2.32. The number of nitrogens with two attached hydrogens (primary N) is 1. The molecule has 4 rings (SSSR count). The largest absolute Gasteiger partial charge is 0.416 e. The summed E-state index contributed by atoms with van der Waals surface area (Å²) in [7, 11) is 0. The SMILES string of the molecule is CC(C)c1nc(-c2ccc(NC(=O)Nc3cccc(C(F)(F)F)c3)cc2)c2c(N)nccn12. The van der Waals surface area contributed by atoms with E-state index < -0.39 is 17.8 Å². The highest BCUT2D eigenvalue weighted by atomic mass is 19.4. The number of amides is 2. The maximum absolute atomic E-state index is 12.9. The van der Waals surface area contributed by atoms with Crippen molar-refractivity contribution >= 4 is 28.7 Å². The zero-order chi connectivity index (χ0) is 23.8. The predicted octanol–water partition coefficient (Wildman–Crippen LogP) is 5.76. The first kappa shape index (κ1) is 22.1. The van der Waals surface area contributed by atoms with Gasteiger partial charge in [0.2, 0.25) is 0 Å². The topological polar surface area (TPSA) is 97.3 Å². The number of halogens is 3. The summed E-state index contributed by atoms with van der Waals surface area (Å²) in [5, 5.41) is 5.01. The summed E-state index contributed by atoms with van der Waals surface area (Å²) in [4.78, 5) is 21.2. The van der Waals surface area contributed by atoms with E-state index in [0.717, 1.165) is 23.5 Å². The molecule has 2 aromatic carbocycles. The standard InChI is InChI=1S/C23H21F3N6O/c1-13(2)21-31-18(19-20(27)28-10-11-32(19)21)14-6-8-16(9-7-14)29-22(33)30-17-5-3-4-15(12-17)23(24,25)26/h3-13H,1-2H3,(H2,27,28)(H2,29,30,33). The number of benzene rings is 2. The molecule has 4 aromatic rings. The first-order valence-corrected chi connectivity index (χ1v) is 10.1. The van der Waals surface area contributed by atoms with Gasteiger partial charge in [0.25, 0.3) is 0 Å². The summed E-state index contributed by atoms with van der Waals surface area (Å²) in [5.41, 5.74) is 7.91. The molecule has 0 spiro atoms. The molecule has 0 saturated heterocycles. The van der Waals surface area contributed by atoms with Gasteiger partial charge in [-0.1, -0.05) is 32.0 Å². The van der Waals surface area contributed by atoms with E-state index in [9.17, 15) is 18.0 Å². The molecule has 170 valence electrons. The number of fused-ring (bicyclic) bond motifs is 1. The van der Waals surface area contributed by atoms with Gasteiger partial charge in [0.15, 0.2) is 0 Å². The van der Waals surface area contributed by atoms with E-state index in [-0.39, 0.29) is 11.6 Å². The number of nitrogen functional groups attached to an aromatic ring is 1. The molecule has 7 nitrogen and oxygen atoms in total. The molecule has 0 aliphatic carbocycles. The first-order chi connectivity index (χ1) is 15.6. The van der Waals surface area contributed by atoms with Crippen molar-refractivity contribution in [2.24, 2.45) is 0 Å². The number of aromatic nitrogens is 3. The second-order valence-electron chi connectivity index (χ2n) is 7.74. The Hall–Kier alpha value is -4.08. The Balaban J connectivity index is 1.54. The molecule has 0 unspecified atom stereocenters. The number of imidazole rings is 1. The van der Waals surface area contributed by atoms with Gasteiger partial charge in [0, 0.05) is 35.2 Å². The van der Waals surface area contributed by atoms with Crippen molar-refractivity contribution in [1.29, 1.82) is 0 Å². The van der Waals surface area contributed by atoms with Crippen molar-refractivity contribution in [1.82, 2.24) is 14.4 Å². The first-order valence-electron chi connectivity index (χ1n) is 10.1. The Labute approximate surface area is 187 Å². The van der Waals surface area contributed by atoms with Crippen LogP contribution in [0, 0.1) is 0 Å². The molecule has 10 heteroatoms. The molecule has 33 heavy (non-hydrogen) atoms. The van der Waals surface area contributed by atoms with Crippen LogP contribution in [0.15, 0.2) is 60.9 Å². The fraction of sp³-hybridized carbons (Fsp3) is 0.174. The molecule has 2 amide bonds. The van der Waals surface area contributed by atoms with E-state index in [2.05, 4.69) is 15.6 Å². The summed E-state index contributed by atoms with van der Waals surface area (Å²) < 4.78 is 40.5. The van der Waals surface area contributed by atoms with Crippen LogP contribution in [0.4, 0.5) is 35.2 Å². The van der Waals surface area contributed by atoms with Crippen LogP contribution < -0.4 is 16.4 Å². The summed E-state index contributed by atoms with van der Waals surface area (Å²) in [6.07, 6.45) is -1.06. The molecule has 2 aromatic heterocycles. The Bertz CT molecular complexity index is 1310. The lowest BCUT2D eigenvalue weighted by molar-refractivity contribution is -0.137. The van der Waals surface area contributed by atoms with Gasteiger partial charge in [-0.25, -0.2) is 14.8 Å². The van der Waals surface area contributed by atoms with Crippen LogP contribution in [0.3, 0.4) is 0 Å². The van der Waals surface area contributed by atoms with Crippen molar-refractivity contribution in [3.05, 3.63) is 72.3 Å². The third-order valence-electron chi connectivity index (χ3n) is 4.99. The molecular formula is C23H21F3N6O. The third-order valence-corrected chi connectivity index (χ3v) is 4.99. The minimum atomic E-state index is -4.49. The number of rotatable bonds is 4.